The van der Waals surface area contributed by atoms with Crippen LogP contribution in [0.5, 0.6) is 0 Å². The molecule has 0 radical (unpaired) electrons. The van der Waals surface area contributed by atoms with Crippen LogP contribution in [0.15, 0.2) is 0 Å². The third-order valence-corrected chi connectivity index (χ3v) is 1.86. The molecule has 0 aliphatic heterocycles. The van der Waals surface area contributed by atoms with Crippen molar-refractivity contribution in [2.45, 2.75) is 12.5 Å². The van der Waals surface area contributed by atoms with E-state index in [0.717, 1.165) is 0 Å². The van der Waals surface area contributed by atoms with Crippen LogP contribution in [-0.2, 0) is 14.4 Å². The van der Waals surface area contributed by atoms with Gasteiger partial charge < -0.3 is 46.3 Å². The molecule has 5 N–H and O–H groups in total. The Balaban J connectivity index is -0.0000000945. The third-order valence-electron chi connectivity index (χ3n) is 1.86. The van der Waals surface area contributed by atoms with Crippen molar-refractivity contribution in [2.24, 2.45) is 11.5 Å². The summed E-state index contributed by atoms with van der Waals surface area (Å²) in [4.78, 5) is 30.6. The van der Waals surface area contributed by atoms with Crippen molar-refractivity contribution >= 4 is 17.9 Å². The van der Waals surface area contributed by atoms with Crippen LogP contribution in [-0.4, -0.2) is 66.7 Å². The summed E-state index contributed by atoms with van der Waals surface area (Å²) in [5.41, 5.74) is 10.4. The van der Waals surface area contributed by atoms with E-state index in [9.17, 15) is 29.7 Å². The molecule has 1 unspecified atom stereocenters. The SMILES string of the molecule is NCC(N)CCO.O=C([O-])CN(CC(=O)[O-])CC(=O)[O-].[Na+].[Na+].[Na+]. The van der Waals surface area contributed by atoms with Gasteiger partial charge in [-0.3, -0.25) is 4.90 Å². The van der Waals surface area contributed by atoms with Crippen molar-refractivity contribution in [1.29, 1.82) is 0 Å². The summed E-state index contributed by atoms with van der Waals surface area (Å²) in [6.07, 6.45) is 0.608. The maximum Gasteiger partial charge on any atom is 1.00 e. The van der Waals surface area contributed by atoms with Crippen molar-refractivity contribution in [2.75, 3.05) is 32.8 Å². The van der Waals surface area contributed by atoms with Gasteiger partial charge >= 0.3 is 88.7 Å². The minimum Gasteiger partial charge on any atom is -0.549 e. The molecular weight excluding hydrogens is 343 g/mol. The fourth-order valence-electron chi connectivity index (χ4n) is 0.999. The van der Waals surface area contributed by atoms with E-state index in [-0.39, 0.29) is 101 Å². The van der Waals surface area contributed by atoms with Crippen LogP contribution in [0.4, 0.5) is 0 Å². The van der Waals surface area contributed by atoms with Crippen LogP contribution in [0, 0.1) is 0 Å². The summed E-state index contributed by atoms with van der Waals surface area (Å²) in [6.45, 7) is -1.77. The smallest absolute Gasteiger partial charge is 0.549 e. The first-order valence-electron chi connectivity index (χ1n) is 5.61. The van der Waals surface area contributed by atoms with E-state index in [1.165, 1.54) is 0 Å². The number of aliphatic carboxylic acids is 3. The zero-order chi connectivity index (χ0) is 16.1. The Bertz CT molecular complexity index is 286. The molecule has 0 heterocycles. The Hall–Kier alpha value is 1.25. The van der Waals surface area contributed by atoms with Crippen molar-refractivity contribution in [3.8, 4) is 0 Å². The summed E-state index contributed by atoms with van der Waals surface area (Å²) in [5, 5.41) is 38.2. The average molecular weight is 361 g/mol. The molecule has 118 valence electrons. The number of carboxylic acids is 3. The fourth-order valence-corrected chi connectivity index (χ4v) is 0.999. The summed E-state index contributed by atoms with van der Waals surface area (Å²) < 4.78 is 0. The van der Waals surface area contributed by atoms with E-state index in [1.807, 2.05) is 0 Å². The standard InChI is InChI=1S/C6H9NO6.C4H12N2O.3Na/c8-4(9)1-7(2-5(10)11)3-6(12)13;5-3-4(6)1-2-7;;;/h1-3H2,(H,8,9)(H,10,11)(H,12,13);4,7H,1-3,5-6H2;;;/q;;3*+1/p-3. The minimum absolute atomic E-state index is 0. The third kappa shape index (κ3) is 31.5. The number of aliphatic hydroxyl groups excluding tert-OH is 1. The Morgan fingerprint density at radius 3 is 1.35 bits per heavy atom. The second-order valence-corrected chi connectivity index (χ2v) is 3.77. The van der Waals surface area contributed by atoms with Gasteiger partial charge in [0.1, 0.15) is 0 Å². The molecule has 0 aromatic rings. The predicted molar refractivity (Wildman–Crippen MR) is 60.2 cm³/mol. The van der Waals surface area contributed by atoms with Crippen LogP contribution in [0.3, 0.4) is 0 Å². The zero-order valence-corrected chi connectivity index (χ0v) is 19.8. The summed E-state index contributed by atoms with van der Waals surface area (Å²) in [7, 11) is 0. The van der Waals surface area contributed by atoms with Gasteiger partial charge in [0, 0.05) is 38.8 Å². The van der Waals surface area contributed by atoms with E-state index in [2.05, 4.69) is 0 Å². The van der Waals surface area contributed by atoms with Crippen LogP contribution in [0.2, 0.25) is 0 Å². The van der Waals surface area contributed by atoms with Gasteiger partial charge in [0.15, 0.2) is 0 Å². The van der Waals surface area contributed by atoms with Crippen molar-refractivity contribution in [3.05, 3.63) is 0 Å². The monoisotopic (exact) mass is 361 g/mol. The first-order valence-corrected chi connectivity index (χ1v) is 5.61. The van der Waals surface area contributed by atoms with Gasteiger partial charge in [0.05, 0.1) is 17.9 Å². The van der Waals surface area contributed by atoms with Crippen LogP contribution in [0.25, 0.3) is 0 Å². The molecule has 0 saturated carbocycles. The van der Waals surface area contributed by atoms with E-state index < -0.39 is 37.5 Å². The van der Waals surface area contributed by atoms with E-state index in [4.69, 9.17) is 16.6 Å². The summed E-state index contributed by atoms with van der Waals surface area (Å²) in [6, 6.07) is -0.0231. The Morgan fingerprint density at radius 2 is 1.22 bits per heavy atom. The normalized spacial score (nSPS) is 9.91. The van der Waals surface area contributed by atoms with Gasteiger partial charge in [-0.1, -0.05) is 0 Å². The van der Waals surface area contributed by atoms with E-state index in [0.29, 0.717) is 17.9 Å². The number of nitrogens with two attached hydrogens (primary N) is 2. The number of carbonyl (C=O) groups excluding carboxylic acids is 3. The second-order valence-electron chi connectivity index (χ2n) is 3.77. The molecule has 0 aliphatic rings. The molecule has 0 bridgehead atoms. The quantitative estimate of drug-likeness (QED) is 0.332. The molecule has 13 heteroatoms. The minimum atomic E-state index is -1.57. The van der Waals surface area contributed by atoms with Gasteiger partial charge in [-0.25, -0.2) is 0 Å². The molecule has 0 rings (SSSR count). The topological polar surface area (TPSA) is 196 Å². The second kappa shape index (κ2) is 23.2. The number of rotatable bonds is 9. The number of hydrogen-bond acceptors (Lipinski definition) is 10. The summed E-state index contributed by atoms with van der Waals surface area (Å²) >= 11 is 0. The molecular formula is C10H18N3Na3O7. The maximum absolute atomic E-state index is 9.99. The molecule has 10 nitrogen and oxygen atoms in total. The Labute approximate surface area is 200 Å². The number of carbonyl (C=O) groups is 3. The average Bonchev–Trinajstić information content (AvgIpc) is 2.27. The van der Waals surface area contributed by atoms with Crippen molar-refractivity contribution in [3.63, 3.8) is 0 Å². The van der Waals surface area contributed by atoms with Gasteiger partial charge in [0.2, 0.25) is 0 Å². The number of aliphatic hydroxyl groups is 1. The fraction of sp³-hybridized carbons (Fsp3) is 0.700. The molecule has 0 spiro atoms. The molecule has 23 heavy (non-hydrogen) atoms. The van der Waals surface area contributed by atoms with E-state index >= 15 is 0 Å². The molecule has 0 aliphatic carbocycles. The van der Waals surface area contributed by atoms with Gasteiger partial charge in [-0.2, -0.15) is 0 Å². The van der Waals surface area contributed by atoms with Crippen molar-refractivity contribution in [1.82, 2.24) is 4.90 Å². The zero-order valence-electron chi connectivity index (χ0n) is 13.8. The summed E-state index contributed by atoms with van der Waals surface area (Å²) in [5.74, 6) is -4.70. The van der Waals surface area contributed by atoms with Crippen molar-refractivity contribution < 1.29 is 123 Å². The number of carboxylic acid groups (broad SMARTS) is 3. The van der Waals surface area contributed by atoms with Crippen LogP contribution < -0.4 is 115 Å². The first kappa shape index (κ1) is 35.4. The van der Waals surface area contributed by atoms with E-state index in [1.54, 1.807) is 0 Å². The molecule has 0 aromatic heterocycles. The van der Waals surface area contributed by atoms with Gasteiger partial charge in [-0.15, -0.1) is 0 Å². The predicted octanol–water partition coefficient (Wildman–Crippen LogP) is -15.8. The molecule has 1 atom stereocenters. The Kier molecular flexibility index (Phi) is 35.8. The number of hydrogen-bond donors (Lipinski definition) is 3. The Morgan fingerprint density at radius 1 is 0.913 bits per heavy atom. The largest absolute Gasteiger partial charge is 1.00 e. The van der Waals surface area contributed by atoms with Gasteiger partial charge in [0.25, 0.3) is 0 Å². The number of nitrogens with zero attached hydrogens (tertiary/aromatic N) is 1. The molecule has 0 amide bonds. The molecule has 0 aromatic carbocycles. The molecule has 0 saturated heterocycles. The first-order chi connectivity index (χ1) is 9.22. The molecule has 0 fully saturated rings. The van der Waals surface area contributed by atoms with Gasteiger partial charge in [-0.05, 0) is 6.42 Å². The van der Waals surface area contributed by atoms with Crippen LogP contribution in [0.1, 0.15) is 6.42 Å². The maximum atomic E-state index is 9.99. The van der Waals surface area contributed by atoms with Crippen LogP contribution >= 0.6 is 0 Å².